The fourth-order valence-electron chi connectivity index (χ4n) is 3.84. The largest absolute Gasteiger partial charge is 0.336 e. The molecule has 0 N–H and O–H groups in total. The fourth-order valence-corrected chi connectivity index (χ4v) is 6.13. The second kappa shape index (κ2) is 8.75. The first-order valence-electron chi connectivity index (χ1n) is 9.11. The Bertz CT molecular complexity index is 781. The Morgan fingerprint density at radius 1 is 1.26 bits per heavy atom. The average molecular weight is 392 g/mol. The van der Waals surface area contributed by atoms with Crippen LogP contribution in [-0.2, 0) is 16.0 Å². The molecular weight excluding hydrogens is 370 g/mol. The van der Waals surface area contributed by atoms with Crippen LogP contribution in [0.2, 0.25) is 0 Å². The Hall–Kier alpha value is -2.07. The Morgan fingerprint density at radius 3 is 2.52 bits per heavy atom. The van der Waals surface area contributed by atoms with Gasteiger partial charge in [-0.25, -0.2) is 8.78 Å². The van der Waals surface area contributed by atoms with E-state index in [0.29, 0.717) is 6.42 Å². The standard InChI is InChI=1S/C20H22F2N2O2S/c21-18(22)13-24-12-16(19(25)17(11-23)27-8-4-5-9-27)15(20(24)26)10-14-6-2-1-3-7-14/h1-3,6-7,15-16,18H,4-5,8-10,12-13H2/t15-,16+/m1/s1. The van der Waals surface area contributed by atoms with E-state index in [9.17, 15) is 23.6 Å². The number of carbonyl (C=O) groups is 2. The predicted octanol–water partition coefficient (Wildman–Crippen LogP) is 2.90. The SMILES string of the molecule is N#CC(C(=O)[C@H]1CN(CC(F)F)C(=O)[C@@H]1Cc1ccccc1)=S1CCCC1. The van der Waals surface area contributed by atoms with Crippen molar-refractivity contribution in [2.45, 2.75) is 25.7 Å². The van der Waals surface area contributed by atoms with E-state index in [-0.39, 0.29) is 27.7 Å². The third kappa shape index (κ3) is 4.44. The van der Waals surface area contributed by atoms with Crippen molar-refractivity contribution in [1.82, 2.24) is 4.90 Å². The number of amides is 1. The van der Waals surface area contributed by atoms with Gasteiger partial charge in [-0.3, -0.25) is 9.59 Å². The summed E-state index contributed by atoms with van der Waals surface area (Å²) in [6.07, 6.45) is -0.328. The van der Waals surface area contributed by atoms with Crippen LogP contribution in [0.4, 0.5) is 8.78 Å². The lowest BCUT2D eigenvalue weighted by molar-refractivity contribution is -0.133. The minimum atomic E-state index is -2.64. The number of nitriles is 1. The van der Waals surface area contributed by atoms with Crippen molar-refractivity contribution in [1.29, 1.82) is 5.26 Å². The van der Waals surface area contributed by atoms with Crippen molar-refractivity contribution in [2.75, 3.05) is 24.6 Å². The van der Waals surface area contributed by atoms with Gasteiger partial charge in [0.05, 0.1) is 18.4 Å². The monoisotopic (exact) mass is 392 g/mol. The van der Waals surface area contributed by atoms with E-state index in [2.05, 4.69) is 6.07 Å². The number of halogens is 2. The second-order valence-electron chi connectivity index (χ2n) is 6.95. The van der Waals surface area contributed by atoms with Gasteiger partial charge >= 0.3 is 0 Å². The highest BCUT2D eigenvalue weighted by atomic mass is 32.2. The Kier molecular flexibility index (Phi) is 6.38. The Morgan fingerprint density at radius 2 is 1.93 bits per heavy atom. The summed E-state index contributed by atoms with van der Waals surface area (Å²) >= 11 is 0. The van der Waals surface area contributed by atoms with Crippen LogP contribution in [0.25, 0.3) is 0 Å². The summed E-state index contributed by atoms with van der Waals surface area (Å²) in [5.41, 5.74) is 0.884. The zero-order chi connectivity index (χ0) is 19.4. The summed E-state index contributed by atoms with van der Waals surface area (Å²) < 4.78 is 25.8. The van der Waals surface area contributed by atoms with Gasteiger partial charge in [0, 0.05) is 6.54 Å². The number of alkyl halides is 2. The van der Waals surface area contributed by atoms with Gasteiger partial charge in [-0.1, -0.05) is 30.3 Å². The molecular formula is C20H22F2N2O2S. The molecule has 1 aromatic rings. The number of ketones is 1. The molecule has 2 saturated heterocycles. The average Bonchev–Trinajstić information content (AvgIpc) is 3.27. The normalized spacial score (nSPS) is 23.0. The van der Waals surface area contributed by atoms with Gasteiger partial charge in [0.15, 0.2) is 5.78 Å². The molecule has 1 aromatic carbocycles. The lowest BCUT2D eigenvalue weighted by Gasteiger charge is -2.16. The van der Waals surface area contributed by atoms with Crippen LogP contribution < -0.4 is 0 Å². The highest BCUT2D eigenvalue weighted by molar-refractivity contribution is 8.17. The molecule has 2 fully saturated rings. The van der Waals surface area contributed by atoms with Crippen LogP contribution in [0, 0.1) is 23.2 Å². The van der Waals surface area contributed by atoms with E-state index in [0.717, 1.165) is 34.8 Å². The summed E-state index contributed by atoms with van der Waals surface area (Å²) in [5.74, 6) is -0.468. The van der Waals surface area contributed by atoms with Gasteiger partial charge < -0.3 is 4.90 Å². The number of nitrogens with zero attached hydrogens (tertiary/aromatic N) is 2. The second-order valence-corrected chi connectivity index (χ2v) is 9.16. The maximum atomic E-state index is 13.1. The number of benzene rings is 1. The van der Waals surface area contributed by atoms with E-state index in [1.807, 2.05) is 30.3 Å². The molecule has 1 amide bonds. The minimum absolute atomic E-state index is 0.0259. The highest BCUT2D eigenvalue weighted by Crippen LogP contribution is 2.33. The molecule has 27 heavy (non-hydrogen) atoms. The maximum absolute atomic E-state index is 13.1. The van der Waals surface area contributed by atoms with E-state index >= 15 is 0 Å². The Labute approximate surface area is 160 Å². The first-order valence-corrected chi connectivity index (χ1v) is 10.7. The smallest absolute Gasteiger partial charge is 0.255 e. The lowest BCUT2D eigenvalue weighted by atomic mass is 9.85. The van der Waals surface area contributed by atoms with Gasteiger partial charge in [0.25, 0.3) is 6.43 Å². The molecule has 0 spiro atoms. The first-order chi connectivity index (χ1) is 13.0. The molecule has 2 heterocycles. The number of rotatable bonds is 6. The number of likely N-dealkylation sites (tertiary alicyclic amines) is 1. The molecule has 7 heteroatoms. The third-order valence-corrected chi connectivity index (χ3v) is 7.60. The van der Waals surface area contributed by atoms with Gasteiger partial charge in [-0.2, -0.15) is 15.7 Å². The molecule has 0 aliphatic carbocycles. The van der Waals surface area contributed by atoms with Gasteiger partial charge in [0.1, 0.15) is 10.9 Å². The van der Waals surface area contributed by atoms with Crippen molar-refractivity contribution in [3.05, 3.63) is 35.9 Å². The molecule has 3 rings (SSSR count). The highest BCUT2D eigenvalue weighted by Gasteiger charge is 2.45. The molecule has 2 aliphatic heterocycles. The molecule has 0 saturated carbocycles. The van der Waals surface area contributed by atoms with Gasteiger partial charge in [-0.05, 0) is 36.3 Å². The number of hydrogen-bond acceptors (Lipinski definition) is 3. The molecule has 0 radical (unpaired) electrons. The van der Waals surface area contributed by atoms with Crippen LogP contribution in [0.3, 0.4) is 0 Å². The summed E-state index contributed by atoms with van der Waals surface area (Å²) in [4.78, 5) is 27.2. The van der Waals surface area contributed by atoms with Crippen molar-refractivity contribution in [3.63, 3.8) is 0 Å². The van der Waals surface area contributed by atoms with Gasteiger partial charge in [0.2, 0.25) is 5.91 Å². The summed E-state index contributed by atoms with van der Waals surface area (Å²) in [6, 6.07) is 11.3. The van der Waals surface area contributed by atoms with E-state index in [1.165, 1.54) is 0 Å². The van der Waals surface area contributed by atoms with E-state index < -0.39 is 30.7 Å². The van der Waals surface area contributed by atoms with Crippen molar-refractivity contribution in [2.24, 2.45) is 11.8 Å². The molecule has 2 atom stereocenters. The van der Waals surface area contributed by atoms with Crippen LogP contribution in [0.1, 0.15) is 18.4 Å². The van der Waals surface area contributed by atoms with Crippen LogP contribution in [0.5, 0.6) is 0 Å². The number of hydrogen-bond donors (Lipinski definition) is 0. The van der Waals surface area contributed by atoms with Crippen LogP contribution in [0.15, 0.2) is 30.3 Å². The van der Waals surface area contributed by atoms with Gasteiger partial charge in [-0.15, -0.1) is 0 Å². The van der Waals surface area contributed by atoms with Crippen LogP contribution in [-0.4, -0.2) is 52.5 Å². The maximum Gasteiger partial charge on any atom is 0.255 e. The first kappa shape index (κ1) is 19.7. The Balaban J connectivity index is 1.89. The lowest BCUT2D eigenvalue weighted by Crippen LogP contribution is -2.32. The third-order valence-electron chi connectivity index (χ3n) is 5.17. The van der Waals surface area contributed by atoms with Crippen molar-refractivity contribution in [3.8, 4) is 6.07 Å². The molecule has 4 nitrogen and oxygen atoms in total. The molecule has 0 bridgehead atoms. The summed E-state index contributed by atoms with van der Waals surface area (Å²) in [7, 11) is -0.358. The minimum Gasteiger partial charge on any atom is -0.336 e. The predicted molar refractivity (Wildman–Crippen MR) is 102 cm³/mol. The molecule has 2 aliphatic rings. The molecule has 144 valence electrons. The van der Waals surface area contributed by atoms with E-state index in [1.54, 1.807) is 0 Å². The van der Waals surface area contributed by atoms with Crippen LogP contribution >= 0.6 is 10.5 Å². The summed E-state index contributed by atoms with van der Waals surface area (Å²) in [6.45, 7) is -0.691. The fraction of sp³-hybridized carbons (Fsp3) is 0.500. The number of carbonyl (C=O) groups excluding carboxylic acids is 2. The molecule has 0 aromatic heterocycles. The van der Waals surface area contributed by atoms with Crippen molar-refractivity contribution >= 4 is 27.0 Å². The summed E-state index contributed by atoms with van der Waals surface area (Å²) in [5, 5.41) is 9.55. The quantitative estimate of drug-likeness (QED) is 0.700. The topological polar surface area (TPSA) is 61.2 Å². The molecule has 0 unspecified atom stereocenters. The zero-order valence-electron chi connectivity index (χ0n) is 14.9. The van der Waals surface area contributed by atoms with E-state index in [4.69, 9.17) is 0 Å². The number of Topliss-reactive ketones (excluding diaryl/α,β-unsaturated/α-hetero) is 1. The van der Waals surface area contributed by atoms with Crippen molar-refractivity contribution < 1.29 is 18.4 Å². The zero-order valence-corrected chi connectivity index (χ0v) is 15.8.